The van der Waals surface area contributed by atoms with Crippen LogP contribution < -0.4 is 4.74 Å². The second-order valence-electron chi connectivity index (χ2n) is 6.29. The van der Waals surface area contributed by atoms with E-state index < -0.39 is 6.23 Å². The molecule has 0 fully saturated rings. The molecule has 1 atom stereocenters. The third kappa shape index (κ3) is 7.02. The highest BCUT2D eigenvalue weighted by atomic mass is 16.5. The number of methoxy groups -OCH3 is 1. The molecule has 7 nitrogen and oxygen atoms in total. The summed E-state index contributed by atoms with van der Waals surface area (Å²) in [6.45, 7) is 2.67. The molecule has 0 amide bonds. The van der Waals surface area contributed by atoms with E-state index in [2.05, 4.69) is 16.9 Å². The largest absolute Gasteiger partial charge is 0.507 e. The second kappa shape index (κ2) is 11.8. The van der Waals surface area contributed by atoms with Gasteiger partial charge in [0.1, 0.15) is 5.75 Å². The molecule has 0 spiro atoms. The van der Waals surface area contributed by atoms with Crippen molar-refractivity contribution in [1.82, 2.24) is 0 Å². The van der Waals surface area contributed by atoms with E-state index in [9.17, 15) is 15.3 Å². The van der Waals surface area contributed by atoms with E-state index in [4.69, 9.17) is 9.94 Å². The molecule has 0 saturated carbocycles. The Bertz CT molecular complexity index is 1050. The number of aliphatic hydroxyl groups is 1. The van der Waals surface area contributed by atoms with Crippen LogP contribution in [0.5, 0.6) is 17.2 Å². The molecule has 3 aromatic rings. The first kappa shape index (κ1) is 23.2. The Kier molecular flexibility index (Phi) is 8.82. The van der Waals surface area contributed by atoms with Gasteiger partial charge in [-0.15, -0.1) is 5.16 Å². The number of phenolic OH excluding ortho intramolecular Hbond substituents is 2. The van der Waals surface area contributed by atoms with Crippen molar-refractivity contribution in [3.63, 3.8) is 0 Å². The van der Waals surface area contributed by atoms with Gasteiger partial charge in [-0.05, 0) is 35.4 Å². The highest BCUT2D eigenvalue weighted by molar-refractivity contribution is 5.85. The lowest BCUT2D eigenvalue weighted by atomic mass is 10.1. The minimum Gasteiger partial charge on any atom is -0.507 e. The zero-order valence-corrected chi connectivity index (χ0v) is 17.0. The number of aliphatic imine (C=N–C) groups is 1. The van der Waals surface area contributed by atoms with Crippen molar-refractivity contribution in [2.45, 2.75) is 6.23 Å². The molecule has 3 aromatic carbocycles. The van der Waals surface area contributed by atoms with Crippen LogP contribution in [0.1, 0.15) is 28.5 Å². The molecule has 1 unspecified atom stereocenters. The summed E-state index contributed by atoms with van der Waals surface area (Å²) in [7, 11) is 1.50. The lowest BCUT2D eigenvalue weighted by Gasteiger charge is -2.06. The number of aromatic hydroxyl groups is 2. The van der Waals surface area contributed by atoms with Crippen molar-refractivity contribution >= 4 is 25.1 Å². The van der Waals surface area contributed by atoms with Gasteiger partial charge in [0.25, 0.3) is 0 Å². The molecule has 3 rings (SSSR count). The van der Waals surface area contributed by atoms with Crippen molar-refractivity contribution in [1.29, 1.82) is 0 Å². The van der Waals surface area contributed by atoms with Gasteiger partial charge in [0, 0.05) is 24.1 Å². The highest BCUT2D eigenvalue weighted by Gasteiger charge is 2.05. The molecule has 0 aliphatic heterocycles. The summed E-state index contributed by atoms with van der Waals surface area (Å²) in [5.41, 5.74) is 2.88. The van der Waals surface area contributed by atoms with Crippen LogP contribution >= 0.6 is 0 Å². The first-order chi connectivity index (χ1) is 15.0. The predicted molar refractivity (Wildman–Crippen MR) is 122 cm³/mol. The summed E-state index contributed by atoms with van der Waals surface area (Å²) in [6.07, 6.45) is 4.20. The molecule has 0 radical (unpaired) electrons. The molecule has 4 N–H and O–H groups in total. The Morgan fingerprint density at radius 2 is 1.48 bits per heavy atom. The fourth-order valence-corrected chi connectivity index (χ4v) is 2.63. The molecule has 0 saturated heterocycles. The quantitative estimate of drug-likeness (QED) is 0.203. The summed E-state index contributed by atoms with van der Waals surface area (Å²) < 4.78 is 5.11. The summed E-state index contributed by atoms with van der Waals surface area (Å²) in [5.74, 6) is 0.558. The van der Waals surface area contributed by atoms with Crippen LogP contribution in [0.25, 0.3) is 12.2 Å². The molecule has 0 aliphatic rings. The van der Waals surface area contributed by atoms with Gasteiger partial charge in [0.05, 0.1) is 7.11 Å². The van der Waals surface area contributed by atoms with Gasteiger partial charge in [-0.2, -0.15) is 0 Å². The monoisotopic (exact) mass is 420 g/mol. The molecule has 0 bridgehead atoms. The summed E-state index contributed by atoms with van der Waals surface area (Å²) in [4.78, 5) is 4.12. The van der Waals surface area contributed by atoms with Gasteiger partial charge in [0.2, 0.25) is 0 Å². The predicted octanol–water partition coefficient (Wildman–Crippen LogP) is 4.46. The van der Waals surface area contributed by atoms with Crippen molar-refractivity contribution < 1.29 is 25.3 Å². The number of ether oxygens (including phenoxy) is 1. The van der Waals surface area contributed by atoms with Gasteiger partial charge >= 0.3 is 0 Å². The smallest absolute Gasteiger partial charge is 0.171 e. The number of benzene rings is 3. The topological polar surface area (TPSA) is 115 Å². The Morgan fingerprint density at radius 1 is 0.903 bits per heavy atom. The number of oxime groups is 1. The fourth-order valence-electron chi connectivity index (χ4n) is 2.63. The average Bonchev–Trinajstić information content (AvgIpc) is 2.79. The van der Waals surface area contributed by atoms with Crippen LogP contribution in [0.4, 0.5) is 0 Å². The van der Waals surface area contributed by atoms with Gasteiger partial charge < -0.3 is 25.3 Å². The molecule has 7 heteroatoms. The van der Waals surface area contributed by atoms with Crippen molar-refractivity contribution in [3.8, 4) is 17.2 Å². The Balaban J connectivity index is 0.00000107. The lowest BCUT2D eigenvalue weighted by Crippen LogP contribution is -1.94. The van der Waals surface area contributed by atoms with Crippen molar-refractivity contribution in [2.75, 3.05) is 7.11 Å². The SMILES string of the molecule is C=NO.COc1cc(C=Cc2ccc(O)c(C=NC(O)c3ccccc3)c2)ccc1O. The maximum atomic E-state index is 10.1. The molecule has 160 valence electrons. The maximum absolute atomic E-state index is 10.1. The number of rotatable bonds is 6. The fraction of sp³-hybridized carbons (Fsp3) is 0.0833. The number of hydrogen-bond donors (Lipinski definition) is 4. The standard InChI is InChI=1S/C23H21NO4.CH3NO/c1-28-22-14-17(10-12-21(22)26)8-7-16-9-11-20(25)19(13-16)15-24-23(27)18-5-3-2-4-6-18;1-2-3/h2-15,23,25-27H,1H3;3H,1H2. The van der Waals surface area contributed by atoms with Crippen molar-refractivity contribution in [2.24, 2.45) is 10.1 Å². The van der Waals surface area contributed by atoms with E-state index >= 15 is 0 Å². The molecule has 0 aliphatic carbocycles. The van der Waals surface area contributed by atoms with Crippen LogP contribution in [-0.4, -0.2) is 40.6 Å². The zero-order valence-electron chi connectivity index (χ0n) is 17.0. The Morgan fingerprint density at radius 3 is 2.10 bits per heavy atom. The number of nitrogens with zero attached hydrogens (tertiary/aromatic N) is 2. The van der Waals surface area contributed by atoms with Crippen LogP contribution in [-0.2, 0) is 0 Å². The van der Waals surface area contributed by atoms with E-state index in [1.165, 1.54) is 13.3 Å². The third-order valence-corrected chi connectivity index (χ3v) is 4.18. The van der Waals surface area contributed by atoms with Crippen LogP contribution in [0, 0.1) is 0 Å². The van der Waals surface area contributed by atoms with E-state index in [0.29, 0.717) is 16.9 Å². The minimum absolute atomic E-state index is 0.0764. The molecular formula is C24H24N2O5. The van der Waals surface area contributed by atoms with Gasteiger partial charge in [-0.3, -0.25) is 4.99 Å². The molecule has 0 aromatic heterocycles. The first-order valence-corrected chi connectivity index (χ1v) is 9.23. The highest BCUT2D eigenvalue weighted by Crippen LogP contribution is 2.27. The van der Waals surface area contributed by atoms with E-state index in [1.807, 2.05) is 30.4 Å². The number of hydrogen-bond acceptors (Lipinski definition) is 7. The van der Waals surface area contributed by atoms with Crippen LogP contribution in [0.2, 0.25) is 0 Å². The Labute approximate surface area is 180 Å². The van der Waals surface area contributed by atoms with Crippen LogP contribution in [0.15, 0.2) is 76.9 Å². The minimum atomic E-state index is -0.996. The van der Waals surface area contributed by atoms with Crippen LogP contribution in [0.3, 0.4) is 0 Å². The van der Waals surface area contributed by atoms with Gasteiger partial charge in [-0.25, -0.2) is 0 Å². The molecule has 31 heavy (non-hydrogen) atoms. The van der Waals surface area contributed by atoms with E-state index in [-0.39, 0.29) is 11.5 Å². The van der Waals surface area contributed by atoms with E-state index in [1.54, 1.807) is 48.5 Å². The maximum Gasteiger partial charge on any atom is 0.171 e. The summed E-state index contributed by atoms with van der Waals surface area (Å²) >= 11 is 0. The second-order valence-corrected chi connectivity index (χ2v) is 6.29. The lowest BCUT2D eigenvalue weighted by molar-refractivity contribution is 0.189. The average molecular weight is 420 g/mol. The Hall–Kier alpha value is -4.10. The zero-order chi connectivity index (χ0) is 22.6. The first-order valence-electron chi connectivity index (χ1n) is 9.23. The molecular weight excluding hydrogens is 396 g/mol. The van der Waals surface area contributed by atoms with Gasteiger partial charge in [0.15, 0.2) is 17.7 Å². The van der Waals surface area contributed by atoms with Gasteiger partial charge in [-0.1, -0.05) is 54.6 Å². The number of phenols is 2. The number of aliphatic hydroxyl groups excluding tert-OH is 1. The third-order valence-electron chi connectivity index (χ3n) is 4.18. The van der Waals surface area contributed by atoms with E-state index in [0.717, 1.165) is 11.1 Å². The molecule has 0 heterocycles. The summed E-state index contributed by atoms with van der Waals surface area (Å²) in [5, 5.41) is 39.2. The van der Waals surface area contributed by atoms with Crippen molar-refractivity contribution in [3.05, 3.63) is 89.0 Å². The summed E-state index contributed by atoms with van der Waals surface area (Å²) in [6, 6.07) is 19.3. The normalized spacial score (nSPS) is 11.7.